The fourth-order valence-electron chi connectivity index (χ4n) is 0.943. The minimum atomic E-state index is -2.11. The minimum Gasteiger partial charge on any atom is -0.546 e. The Bertz CT molecular complexity index is 381. The minimum absolute atomic E-state index is 0.0348. The van der Waals surface area contributed by atoms with Crippen LogP contribution in [0.25, 0.3) is 10.4 Å². The van der Waals surface area contributed by atoms with E-state index in [0.29, 0.717) is 0 Å². The Morgan fingerprint density at radius 1 is 1.44 bits per heavy atom. The number of nitrogens with zero attached hydrogens (tertiary/aromatic N) is 3. The normalized spacial score (nSPS) is 13.2. The van der Waals surface area contributed by atoms with E-state index < -0.39 is 20.3 Å². The molecule has 1 atom stereocenters. The summed E-state index contributed by atoms with van der Waals surface area (Å²) in [5.41, 5.74) is 8.45. The summed E-state index contributed by atoms with van der Waals surface area (Å²) in [6, 6.07) is -1.13. The lowest BCUT2D eigenvalue weighted by Gasteiger charge is -2.37. The second kappa shape index (κ2) is 5.93. The van der Waals surface area contributed by atoms with Crippen molar-refractivity contribution in [2.75, 3.05) is 7.11 Å². The predicted octanol–water partition coefficient (Wildman–Crippen LogP) is 3.37. The molecule has 0 aromatic carbocycles. The van der Waals surface area contributed by atoms with Gasteiger partial charge in [-0.25, -0.2) is 0 Å². The van der Waals surface area contributed by atoms with Crippen LogP contribution in [0.2, 0.25) is 18.1 Å². The van der Waals surface area contributed by atoms with Crippen LogP contribution in [0.1, 0.15) is 20.8 Å². The van der Waals surface area contributed by atoms with Crippen LogP contribution in [0, 0.1) is 0 Å². The first-order chi connectivity index (χ1) is 8.06. The summed E-state index contributed by atoms with van der Waals surface area (Å²) in [5.74, 6) is -0.525. The zero-order chi connectivity index (χ0) is 14.6. The summed E-state index contributed by atoms with van der Waals surface area (Å²) in [6.45, 7) is 13.9. The molecule has 0 radical (unpaired) electrons. The van der Waals surface area contributed by atoms with Gasteiger partial charge >= 0.3 is 5.97 Å². The second-order valence-corrected chi connectivity index (χ2v) is 10.2. The highest BCUT2D eigenvalue weighted by Gasteiger charge is 2.40. The van der Waals surface area contributed by atoms with E-state index in [9.17, 15) is 4.79 Å². The number of hydrogen-bond donors (Lipinski definition) is 0. The van der Waals surface area contributed by atoms with E-state index in [4.69, 9.17) is 9.96 Å². The maximum atomic E-state index is 11.5. The van der Waals surface area contributed by atoms with E-state index in [1.807, 2.05) is 13.1 Å². The fraction of sp³-hybridized carbons (Fsp3) is 0.727. The molecule has 18 heavy (non-hydrogen) atoms. The Balaban J connectivity index is 5.04. The van der Waals surface area contributed by atoms with Crippen molar-refractivity contribution in [3.63, 3.8) is 0 Å². The lowest BCUT2D eigenvalue weighted by Crippen LogP contribution is -2.42. The van der Waals surface area contributed by atoms with Crippen LogP contribution in [-0.2, 0) is 14.0 Å². The van der Waals surface area contributed by atoms with Gasteiger partial charge in [0.15, 0.2) is 6.04 Å². The largest absolute Gasteiger partial charge is 0.546 e. The molecule has 0 aliphatic carbocycles. The average Bonchev–Trinajstić information content (AvgIpc) is 2.22. The third-order valence-electron chi connectivity index (χ3n) is 3.09. The molecule has 0 spiro atoms. The number of carbonyl (C=O) groups excluding carboxylic acids is 1. The molecule has 0 aliphatic heterocycles. The number of carbonyl (C=O) groups is 1. The van der Waals surface area contributed by atoms with E-state index in [-0.39, 0.29) is 10.8 Å². The van der Waals surface area contributed by atoms with E-state index in [2.05, 4.69) is 42.1 Å². The molecule has 0 heterocycles. The molecule has 0 amide bonds. The van der Waals surface area contributed by atoms with Gasteiger partial charge in [0.25, 0.3) is 0 Å². The molecule has 0 rings (SSSR count). The zero-order valence-electron chi connectivity index (χ0n) is 11.9. The van der Waals surface area contributed by atoms with Gasteiger partial charge < -0.3 is 9.16 Å². The number of rotatable bonds is 5. The number of azide groups is 1. The van der Waals surface area contributed by atoms with Gasteiger partial charge in [-0.05, 0) is 23.7 Å². The zero-order valence-corrected chi connectivity index (χ0v) is 12.9. The molecule has 1 unspecified atom stereocenters. The van der Waals surface area contributed by atoms with E-state index in [1.165, 1.54) is 7.11 Å². The van der Waals surface area contributed by atoms with Gasteiger partial charge in [-0.1, -0.05) is 32.5 Å². The van der Waals surface area contributed by atoms with Gasteiger partial charge in [0.1, 0.15) is 0 Å². The van der Waals surface area contributed by atoms with Crippen molar-refractivity contribution >= 4 is 14.3 Å². The molecule has 0 bridgehead atoms. The summed E-state index contributed by atoms with van der Waals surface area (Å²) in [6.07, 6.45) is 0. The van der Waals surface area contributed by atoms with Gasteiger partial charge in [-0.15, -0.1) is 0 Å². The van der Waals surface area contributed by atoms with Gasteiger partial charge in [0, 0.05) is 4.91 Å². The summed E-state index contributed by atoms with van der Waals surface area (Å²) >= 11 is 0. The van der Waals surface area contributed by atoms with Crippen molar-refractivity contribution in [1.29, 1.82) is 0 Å². The number of esters is 1. The van der Waals surface area contributed by atoms with Crippen LogP contribution in [0.5, 0.6) is 0 Å². The molecule has 0 aromatic heterocycles. The lowest BCUT2D eigenvalue weighted by molar-refractivity contribution is -0.141. The van der Waals surface area contributed by atoms with Crippen molar-refractivity contribution < 1.29 is 14.0 Å². The molecule has 6 nitrogen and oxygen atoms in total. The molecule has 0 N–H and O–H groups in total. The molecular weight excluding hydrogens is 250 g/mol. The second-order valence-electron chi connectivity index (χ2n) is 5.46. The number of ether oxygens (including phenoxy) is 1. The Labute approximate surface area is 109 Å². The van der Waals surface area contributed by atoms with Crippen molar-refractivity contribution in [2.45, 2.75) is 44.9 Å². The molecule has 7 heteroatoms. The van der Waals surface area contributed by atoms with Crippen LogP contribution in [-0.4, -0.2) is 27.4 Å². The Hall–Kier alpha value is -1.46. The van der Waals surface area contributed by atoms with Gasteiger partial charge in [-0.3, -0.25) is 4.79 Å². The van der Waals surface area contributed by atoms with Gasteiger partial charge in [-0.2, -0.15) is 0 Å². The standard InChI is InChI=1S/C11H21N3O3Si/c1-8(9(13-14-12)10(15)16-5)17-18(6,7)11(2,3)4/h9H,1H2,2-7H3. The van der Waals surface area contributed by atoms with Crippen LogP contribution in [0.4, 0.5) is 0 Å². The van der Waals surface area contributed by atoms with Crippen LogP contribution >= 0.6 is 0 Å². The summed E-state index contributed by atoms with van der Waals surface area (Å²) in [7, 11) is -0.885. The Morgan fingerprint density at radius 2 is 1.94 bits per heavy atom. The van der Waals surface area contributed by atoms with Gasteiger partial charge in [0.2, 0.25) is 8.32 Å². The molecular formula is C11H21N3O3Si. The third kappa shape index (κ3) is 4.08. The first-order valence-corrected chi connectivity index (χ1v) is 8.47. The Kier molecular flexibility index (Phi) is 5.44. The molecule has 0 fully saturated rings. The van der Waals surface area contributed by atoms with Crippen LogP contribution in [0.15, 0.2) is 17.5 Å². The highest BCUT2D eigenvalue weighted by molar-refractivity contribution is 6.74. The Morgan fingerprint density at radius 3 is 2.28 bits per heavy atom. The lowest BCUT2D eigenvalue weighted by atomic mass is 10.2. The number of hydrogen-bond acceptors (Lipinski definition) is 4. The SMILES string of the molecule is C=C(O[Si](C)(C)C(C)(C)C)C(N=[N+]=[N-])C(=O)OC. The molecule has 0 aliphatic rings. The average molecular weight is 271 g/mol. The van der Waals surface area contributed by atoms with Crippen LogP contribution in [0.3, 0.4) is 0 Å². The third-order valence-corrected chi connectivity index (χ3v) is 7.47. The van der Waals surface area contributed by atoms with Gasteiger partial charge in [0.05, 0.1) is 12.9 Å². The molecule has 102 valence electrons. The first kappa shape index (κ1) is 16.5. The highest BCUT2D eigenvalue weighted by atomic mass is 28.4. The molecule has 0 saturated heterocycles. The maximum absolute atomic E-state index is 11.5. The van der Waals surface area contributed by atoms with E-state index in [0.717, 1.165) is 0 Å². The van der Waals surface area contributed by atoms with E-state index in [1.54, 1.807) is 0 Å². The first-order valence-electron chi connectivity index (χ1n) is 5.56. The molecule has 0 saturated carbocycles. The number of methoxy groups -OCH3 is 1. The maximum Gasteiger partial charge on any atom is 0.322 e. The summed E-state index contributed by atoms with van der Waals surface area (Å²) < 4.78 is 10.4. The van der Waals surface area contributed by atoms with E-state index >= 15 is 0 Å². The van der Waals surface area contributed by atoms with Crippen molar-refractivity contribution in [2.24, 2.45) is 5.11 Å². The van der Waals surface area contributed by atoms with Crippen molar-refractivity contribution in [3.8, 4) is 0 Å². The van der Waals surface area contributed by atoms with Crippen LogP contribution < -0.4 is 0 Å². The smallest absolute Gasteiger partial charge is 0.322 e. The highest BCUT2D eigenvalue weighted by Crippen LogP contribution is 2.38. The van der Waals surface area contributed by atoms with Crippen molar-refractivity contribution in [1.82, 2.24) is 0 Å². The molecule has 0 aromatic rings. The summed E-state index contributed by atoms with van der Waals surface area (Å²) in [5, 5.41) is 3.33. The quantitative estimate of drug-likeness (QED) is 0.192. The topological polar surface area (TPSA) is 84.3 Å². The summed E-state index contributed by atoms with van der Waals surface area (Å²) in [4.78, 5) is 14.1. The predicted molar refractivity (Wildman–Crippen MR) is 72.4 cm³/mol. The fourth-order valence-corrected chi connectivity index (χ4v) is 2.02. The van der Waals surface area contributed by atoms with Crippen molar-refractivity contribution in [3.05, 3.63) is 22.8 Å². The monoisotopic (exact) mass is 271 g/mol.